The van der Waals surface area contributed by atoms with Gasteiger partial charge in [0.1, 0.15) is 5.82 Å². The summed E-state index contributed by atoms with van der Waals surface area (Å²) in [6, 6.07) is 0.187. The summed E-state index contributed by atoms with van der Waals surface area (Å²) in [6.45, 7) is 2.05. The summed E-state index contributed by atoms with van der Waals surface area (Å²) in [4.78, 5) is 4.41. The Morgan fingerprint density at radius 2 is 1.78 bits per heavy atom. The fourth-order valence-electron chi connectivity index (χ4n) is 3.65. The first-order valence-electron chi connectivity index (χ1n) is 7.42. The molecule has 0 spiro atoms. The van der Waals surface area contributed by atoms with Crippen molar-refractivity contribution in [2.75, 3.05) is 0 Å². The zero-order valence-corrected chi connectivity index (χ0v) is 11.6. The summed E-state index contributed by atoms with van der Waals surface area (Å²) < 4.78 is 2.18. The average molecular weight is 247 g/mol. The van der Waals surface area contributed by atoms with E-state index in [0.29, 0.717) is 5.92 Å². The third-order valence-corrected chi connectivity index (χ3v) is 5.40. The highest BCUT2D eigenvalue weighted by molar-refractivity contribution is 5.12. The van der Waals surface area contributed by atoms with E-state index in [1.807, 2.05) is 6.20 Å². The average Bonchev–Trinajstić information content (AvgIpc) is 2.53. The monoisotopic (exact) mass is 247 g/mol. The lowest BCUT2D eigenvalue weighted by atomic mass is 9.62. The van der Waals surface area contributed by atoms with Crippen LogP contribution >= 0.6 is 0 Å². The van der Waals surface area contributed by atoms with Gasteiger partial charge in [-0.2, -0.15) is 0 Å². The number of hydrogen-bond donors (Lipinski definition) is 1. The molecule has 18 heavy (non-hydrogen) atoms. The Hall–Kier alpha value is -0.830. The van der Waals surface area contributed by atoms with Gasteiger partial charge in [-0.15, -0.1) is 0 Å². The molecule has 2 aliphatic carbocycles. The van der Waals surface area contributed by atoms with Gasteiger partial charge in [-0.05, 0) is 24.7 Å². The van der Waals surface area contributed by atoms with Crippen LogP contribution in [-0.4, -0.2) is 9.55 Å². The van der Waals surface area contributed by atoms with Crippen LogP contribution in [0, 0.1) is 24.7 Å². The van der Waals surface area contributed by atoms with E-state index in [1.54, 1.807) is 0 Å². The van der Waals surface area contributed by atoms with Crippen molar-refractivity contribution in [3.8, 4) is 0 Å². The van der Waals surface area contributed by atoms with Gasteiger partial charge in [-0.1, -0.05) is 38.5 Å². The molecular formula is C15H25N3. The first-order valence-corrected chi connectivity index (χ1v) is 7.42. The quantitative estimate of drug-likeness (QED) is 0.889. The molecular weight excluding hydrogens is 222 g/mol. The van der Waals surface area contributed by atoms with Crippen molar-refractivity contribution >= 4 is 0 Å². The van der Waals surface area contributed by atoms with Crippen LogP contribution in [0.5, 0.6) is 0 Å². The maximum Gasteiger partial charge on any atom is 0.105 e. The van der Waals surface area contributed by atoms with Crippen molar-refractivity contribution < 1.29 is 0 Å². The van der Waals surface area contributed by atoms with Crippen molar-refractivity contribution in [2.24, 2.45) is 30.5 Å². The van der Waals surface area contributed by atoms with E-state index >= 15 is 0 Å². The molecule has 1 aromatic rings. The molecule has 0 aromatic carbocycles. The van der Waals surface area contributed by atoms with Crippen LogP contribution in [0.25, 0.3) is 0 Å². The van der Waals surface area contributed by atoms with E-state index in [2.05, 4.69) is 23.5 Å². The molecule has 2 fully saturated rings. The molecule has 0 aliphatic heterocycles. The summed E-state index contributed by atoms with van der Waals surface area (Å²) in [7, 11) is 2.09. The molecule has 3 nitrogen and oxygen atoms in total. The Morgan fingerprint density at radius 3 is 2.11 bits per heavy atom. The van der Waals surface area contributed by atoms with Crippen molar-refractivity contribution in [1.29, 1.82) is 0 Å². The molecule has 1 atom stereocenters. The highest BCUT2D eigenvalue weighted by Gasteiger charge is 2.40. The Balaban J connectivity index is 1.82. The number of nitrogens with zero attached hydrogens (tertiary/aromatic N) is 2. The second kappa shape index (κ2) is 4.69. The van der Waals surface area contributed by atoms with Crippen LogP contribution in [-0.2, 0) is 7.05 Å². The Kier molecular flexibility index (Phi) is 3.18. The molecule has 1 aromatic heterocycles. The summed E-state index contributed by atoms with van der Waals surface area (Å²) >= 11 is 0. The topological polar surface area (TPSA) is 43.8 Å². The molecule has 0 saturated heterocycles. The Labute approximate surface area is 110 Å². The second-order valence-corrected chi connectivity index (χ2v) is 6.27. The van der Waals surface area contributed by atoms with E-state index in [9.17, 15) is 0 Å². The van der Waals surface area contributed by atoms with Gasteiger partial charge in [0.05, 0.1) is 11.9 Å². The summed E-state index contributed by atoms with van der Waals surface area (Å²) in [5.41, 5.74) is 7.85. The minimum atomic E-state index is 0.187. The van der Waals surface area contributed by atoms with Gasteiger partial charge in [0.25, 0.3) is 0 Å². The predicted octanol–water partition coefficient (Wildman–Crippen LogP) is 2.94. The van der Waals surface area contributed by atoms with E-state index in [0.717, 1.165) is 17.7 Å². The van der Waals surface area contributed by atoms with Crippen molar-refractivity contribution in [3.63, 3.8) is 0 Å². The molecule has 2 aliphatic rings. The number of nitrogens with two attached hydrogens (primary N) is 1. The molecule has 3 heteroatoms. The van der Waals surface area contributed by atoms with Crippen LogP contribution in [0.1, 0.15) is 56.1 Å². The van der Waals surface area contributed by atoms with E-state index in [1.165, 1.54) is 44.2 Å². The van der Waals surface area contributed by atoms with Gasteiger partial charge >= 0.3 is 0 Å². The van der Waals surface area contributed by atoms with Crippen LogP contribution in [0.4, 0.5) is 0 Å². The van der Waals surface area contributed by atoms with Crippen LogP contribution in [0.2, 0.25) is 0 Å². The zero-order chi connectivity index (χ0) is 12.7. The van der Waals surface area contributed by atoms with Crippen LogP contribution in [0.3, 0.4) is 0 Å². The molecule has 0 bridgehead atoms. The fourth-order valence-corrected chi connectivity index (χ4v) is 3.65. The molecule has 2 saturated carbocycles. The maximum absolute atomic E-state index is 6.61. The highest BCUT2D eigenvalue weighted by Crippen LogP contribution is 2.48. The summed E-state index contributed by atoms with van der Waals surface area (Å²) in [5, 5.41) is 0. The van der Waals surface area contributed by atoms with Crippen molar-refractivity contribution in [1.82, 2.24) is 9.55 Å². The number of aryl methyl sites for hydroxylation is 1. The first kappa shape index (κ1) is 12.2. The van der Waals surface area contributed by atoms with Gasteiger partial charge in [0.15, 0.2) is 0 Å². The van der Waals surface area contributed by atoms with E-state index in [-0.39, 0.29) is 6.04 Å². The van der Waals surface area contributed by atoms with Gasteiger partial charge in [-0.3, -0.25) is 0 Å². The van der Waals surface area contributed by atoms with Crippen molar-refractivity contribution in [2.45, 2.75) is 51.5 Å². The Morgan fingerprint density at radius 1 is 1.22 bits per heavy atom. The lowest BCUT2D eigenvalue weighted by Gasteiger charge is -2.45. The SMILES string of the molecule is Cc1ncc(C(N)C(C2CCC2)C2CCC2)n1C. The minimum absolute atomic E-state index is 0.187. The fraction of sp³-hybridized carbons (Fsp3) is 0.800. The molecule has 1 heterocycles. The molecule has 2 N–H and O–H groups in total. The lowest BCUT2D eigenvalue weighted by molar-refractivity contribution is 0.0694. The van der Waals surface area contributed by atoms with Crippen molar-refractivity contribution in [3.05, 3.63) is 17.7 Å². The second-order valence-electron chi connectivity index (χ2n) is 6.27. The number of rotatable bonds is 4. The predicted molar refractivity (Wildman–Crippen MR) is 73.0 cm³/mol. The van der Waals surface area contributed by atoms with Gasteiger partial charge < -0.3 is 10.3 Å². The van der Waals surface area contributed by atoms with Gasteiger partial charge in [0.2, 0.25) is 0 Å². The highest BCUT2D eigenvalue weighted by atomic mass is 15.1. The smallest absolute Gasteiger partial charge is 0.105 e. The third kappa shape index (κ3) is 1.89. The summed E-state index contributed by atoms with van der Waals surface area (Å²) in [6.07, 6.45) is 10.4. The molecule has 100 valence electrons. The number of aromatic nitrogens is 2. The molecule has 3 rings (SSSR count). The zero-order valence-electron chi connectivity index (χ0n) is 11.6. The van der Waals surface area contributed by atoms with Gasteiger partial charge in [0, 0.05) is 13.1 Å². The first-order chi connectivity index (χ1) is 8.68. The van der Waals surface area contributed by atoms with E-state index in [4.69, 9.17) is 5.73 Å². The maximum atomic E-state index is 6.61. The minimum Gasteiger partial charge on any atom is -0.334 e. The number of hydrogen-bond acceptors (Lipinski definition) is 2. The summed E-state index contributed by atoms with van der Waals surface area (Å²) in [5.74, 6) is 3.52. The van der Waals surface area contributed by atoms with Crippen LogP contribution in [0.15, 0.2) is 6.20 Å². The van der Waals surface area contributed by atoms with Crippen LogP contribution < -0.4 is 5.73 Å². The number of imidazole rings is 1. The molecule has 0 radical (unpaired) electrons. The third-order valence-electron chi connectivity index (χ3n) is 5.40. The molecule has 0 amide bonds. The van der Waals surface area contributed by atoms with Gasteiger partial charge in [-0.25, -0.2) is 4.98 Å². The molecule has 1 unspecified atom stereocenters. The lowest BCUT2D eigenvalue weighted by Crippen LogP contribution is -2.40. The normalized spacial score (nSPS) is 22.9. The Bertz CT molecular complexity index is 401. The standard InChI is InChI=1S/C15H25N3/c1-10-17-9-13(18(10)2)15(16)14(11-5-3-6-11)12-7-4-8-12/h9,11-12,14-15H,3-8,16H2,1-2H3. The largest absolute Gasteiger partial charge is 0.334 e. The van der Waals surface area contributed by atoms with E-state index < -0.39 is 0 Å².